The molecule has 4 heterocycles. The maximum atomic E-state index is 12.9. The van der Waals surface area contributed by atoms with Crippen LogP contribution in [-0.4, -0.2) is 51.9 Å². The van der Waals surface area contributed by atoms with Crippen molar-refractivity contribution < 1.29 is 4.79 Å². The van der Waals surface area contributed by atoms with Gasteiger partial charge in [0.25, 0.3) is 5.91 Å². The van der Waals surface area contributed by atoms with Gasteiger partial charge in [-0.05, 0) is 36.4 Å². The Bertz CT molecular complexity index is 910. The first kappa shape index (κ1) is 17.9. The zero-order valence-corrected chi connectivity index (χ0v) is 15.5. The molecule has 0 unspecified atom stereocenters. The van der Waals surface area contributed by atoms with E-state index in [0.717, 1.165) is 30.3 Å². The Morgan fingerprint density at radius 2 is 1.68 bits per heavy atom. The highest BCUT2D eigenvalue weighted by atomic mass is 16.2. The summed E-state index contributed by atoms with van der Waals surface area (Å²) < 4.78 is 0. The summed E-state index contributed by atoms with van der Waals surface area (Å²) in [6.45, 7) is 3.44. The van der Waals surface area contributed by atoms with E-state index >= 15 is 0 Å². The number of anilines is 2. The number of nitrogens with one attached hydrogen (secondary N) is 1. The highest BCUT2D eigenvalue weighted by molar-refractivity contribution is 5.93. The van der Waals surface area contributed by atoms with Crippen LogP contribution in [0.15, 0.2) is 67.1 Å². The van der Waals surface area contributed by atoms with Crippen molar-refractivity contribution >= 4 is 17.4 Å². The van der Waals surface area contributed by atoms with Crippen LogP contribution in [0.25, 0.3) is 0 Å². The number of pyridine rings is 3. The second kappa shape index (κ2) is 8.47. The molecule has 1 amide bonds. The number of hydrogen-bond donors (Lipinski definition) is 1. The van der Waals surface area contributed by atoms with Gasteiger partial charge in [-0.2, -0.15) is 0 Å². The predicted molar refractivity (Wildman–Crippen MR) is 108 cm³/mol. The lowest BCUT2D eigenvalue weighted by Crippen LogP contribution is -2.49. The lowest BCUT2D eigenvalue weighted by atomic mass is 10.2. The molecule has 0 atom stereocenters. The minimum atomic E-state index is -0.0397. The average molecular weight is 374 g/mol. The summed E-state index contributed by atoms with van der Waals surface area (Å²) in [4.78, 5) is 29.9. The number of rotatable bonds is 5. The molecular formula is C21H22N6O. The molecule has 4 rings (SSSR count). The van der Waals surface area contributed by atoms with E-state index in [1.807, 2.05) is 47.4 Å². The summed E-state index contributed by atoms with van der Waals surface area (Å²) >= 11 is 0. The van der Waals surface area contributed by atoms with Gasteiger partial charge in [0.15, 0.2) is 0 Å². The Labute approximate surface area is 164 Å². The Morgan fingerprint density at radius 1 is 0.893 bits per heavy atom. The van der Waals surface area contributed by atoms with Crippen LogP contribution >= 0.6 is 0 Å². The van der Waals surface area contributed by atoms with E-state index in [2.05, 4.69) is 25.2 Å². The van der Waals surface area contributed by atoms with E-state index < -0.39 is 0 Å². The molecule has 7 nitrogen and oxygen atoms in total. The van der Waals surface area contributed by atoms with Crippen LogP contribution in [-0.2, 0) is 6.54 Å². The number of hydrogen-bond acceptors (Lipinski definition) is 6. The van der Waals surface area contributed by atoms with Crippen molar-refractivity contribution in [3.05, 3.63) is 78.5 Å². The molecule has 0 spiro atoms. The number of nitrogens with zero attached hydrogens (tertiary/aromatic N) is 5. The van der Waals surface area contributed by atoms with Gasteiger partial charge >= 0.3 is 0 Å². The summed E-state index contributed by atoms with van der Waals surface area (Å²) in [5.41, 5.74) is 2.26. The Hall–Kier alpha value is -3.48. The second-order valence-electron chi connectivity index (χ2n) is 6.57. The van der Waals surface area contributed by atoms with Gasteiger partial charge in [0.2, 0.25) is 0 Å². The maximum absolute atomic E-state index is 12.9. The van der Waals surface area contributed by atoms with Crippen LogP contribution in [0.2, 0.25) is 0 Å². The third kappa shape index (κ3) is 4.25. The number of carbonyl (C=O) groups is 1. The molecule has 0 bridgehead atoms. The fourth-order valence-electron chi connectivity index (χ4n) is 3.19. The highest BCUT2D eigenvalue weighted by Gasteiger charge is 2.23. The normalized spacial score (nSPS) is 14.0. The molecular weight excluding hydrogens is 352 g/mol. The molecule has 7 heteroatoms. The summed E-state index contributed by atoms with van der Waals surface area (Å²) in [7, 11) is 0. The maximum Gasteiger partial charge on any atom is 0.272 e. The predicted octanol–water partition coefficient (Wildman–Crippen LogP) is 2.45. The van der Waals surface area contributed by atoms with Gasteiger partial charge in [0.1, 0.15) is 11.5 Å². The molecule has 1 aliphatic rings. The number of carbonyl (C=O) groups excluding carboxylic acids is 1. The standard InChI is InChI=1S/C21H22N6O/c28-21(27-13-11-26(12-14-27)20-6-2-4-9-24-20)19-15-17(7-10-23-19)25-16-18-5-1-3-8-22-18/h1-10,15H,11-14,16H2,(H,23,25). The second-order valence-corrected chi connectivity index (χ2v) is 6.57. The van der Waals surface area contributed by atoms with Crippen LogP contribution in [0.5, 0.6) is 0 Å². The van der Waals surface area contributed by atoms with E-state index in [9.17, 15) is 4.79 Å². The summed E-state index contributed by atoms with van der Waals surface area (Å²) in [6.07, 6.45) is 5.22. The van der Waals surface area contributed by atoms with Gasteiger partial charge < -0.3 is 15.1 Å². The molecule has 0 aliphatic carbocycles. The quantitative estimate of drug-likeness (QED) is 0.739. The van der Waals surface area contributed by atoms with Crippen LogP contribution < -0.4 is 10.2 Å². The van der Waals surface area contributed by atoms with E-state index in [1.165, 1.54) is 0 Å². The minimum Gasteiger partial charge on any atom is -0.379 e. The van der Waals surface area contributed by atoms with Crippen molar-refractivity contribution in [3.8, 4) is 0 Å². The van der Waals surface area contributed by atoms with Crippen LogP contribution in [0.1, 0.15) is 16.2 Å². The molecule has 1 saturated heterocycles. The van der Waals surface area contributed by atoms with Crippen molar-refractivity contribution in [1.82, 2.24) is 19.9 Å². The Balaban J connectivity index is 1.36. The van der Waals surface area contributed by atoms with Gasteiger partial charge in [-0.1, -0.05) is 12.1 Å². The van der Waals surface area contributed by atoms with Crippen LogP contribution in [0.4, 0.5) is 11.5 Å². The third-order valence-electron chi connectivity index (χ3n) is 4.72. The van der Waals surface area contributed by atoms with Crippen LogP contribution in [0.3, 0.4) is 0 Å². The van der Waals surface area contributed by atoms with Crippen molar-refractivity contribution in [3.63, 3.8) is 0 Å². The van der Waals surface area contributed by atoms with Gasteiger partial charge in [-0.25, -0.2) is 4.98 Å². The molecule has 0 radical (unpaired) electrons. The largest absolute Gasteiger partial charge is 0.379 e. The summed E-state index contributed by atoms with van der Waals surface area (Å²) in [6, 6.07) is 15.3. The van der Waals surface area contributed by atoms with Crippen molar-refractivity contribution in [2.75, 3.05) is 36.4 Å². The molecule has 1 aliphatic heterocycles. The molecule has 0 aromatic carbocycles. The molecule has 142 valence electrons. The average Bonchev–Trinajstić information content (AvgIpc) is 2.79. The molecule has 28 heavy (non-hydrogen) atoms. The number of piperazine rings is 1. The van der Waals surface area contributed by atoms with Crippen molar-refractivity contribution in [2.24, 2.45) is 0 Å². The Kier molecular flexibility index (Phi) is 5.42. The summed E-state index contributed by atoms with van der Waals surface area (Å²) in [5.74, 6) is 0.913. The van der Waals surface area contributed by atoms with Crippen molar-refractivity contribution in [2.45, 2.75) is 6.54 Å². The smallest absolute Gasteiger partial charge is 0.272 e. The third-order valence-corrected chi connectivity index (χ3v) is 4.72. The molecule has 0 saturated carbocycles. The van der Waals surface area contributed by atoms with Gasteiger partial charge in [0, 0.05) is 50.5 Å². The lowest BCUT2D eigenvalue weighted by Gasteiger charge is -2.35. The number of aromatic nitrogens is 3. The van der Waals surface area contributed by atoms with Crippen molar-refractivity contribution in [1.29, 1.82) is 0 Å². The first-order valence-corrected chi connectivity index (χ1v) is 9.35. The molecule has 1 fully saturated rings. The fourth-order valence-corrected chi connectivity index (χ4v) is 3.19. The zero-order valence-electron chi connectivity index (χ0n) is 15.5. The van der Waals surface area contributed by atoms with Gasteiger partial charge in [-0.3, -0.25) is 14.8 Å². The summed E-state index contributed by atoms with van der Waals surface area (Å²) in [5, 5.41) is 3.30. The SMILES string of the molecule is O=C(c1cc(NCc2ccccn2)ccn1)N1CCN(c2ccccn2)CC1. The monoisotopic (exact) mass is 374 g/mol. The van der Waals surface area contributed by atoms with Crippen LogP contribution in [0, 0.1) is 0 Å². The number of amides is 1. The first-order valence-electron chi connectivity index (χ1n) is 9.35. The zero-order chi connectivity index (χ0) is 19.2. The van der Waals surface area contributed by atoms with E-state index in [0.29, 0.717) is 25.3 Å². The van der Waals surface area contributed by atoms with E-state index in [4.69, 9.17) is 0 Å². The Morgan fingerprint density at radius 3 is 2.39 bits per heavy atom. The molecule has 3 aromatic heterocycles. The van der Waals surface area contributed by atoms with E-state index in [-0.39, 0.29) is 5.91 Å². The molecule has 1 N–H and O–H groups in total. The van der Waals surface area contributed by atoms with E-state index in [1.54, 1.807) is 24.7 Å². The van der Waals surface area contributed by atoms with Gasteiger partial charge in [0.05, 0.1) is 12.2 Å². The topological polar surface area (TPSA) is 74.2 Å². The van der Waals surface area contributed by atoms with Gasteiger partial charge in [-0.15, -0.1) is 0 Å². The highest BCUT2D eigenvalue weighted by Crippen LogP contribution is 2.16. The first-order chi connectivity index (χ1) is 13.8. The lowest BCUT2D eigenvalue weighted by molar-refractivity contribution is 0.0740. The molecule has 3 aromatic rings. The fraction of sp³-hybridized carbons (Fsp3) is 0.238. The minimum absolute atomic E-state index is 0.0397.